The number of hydrogen-bond donors (Lipinski definition) is 3. The van der Waals surface area contributed by atoms with E-state index < -0.39 is 5.97 Å². The summed E-state index contributed by atoms with van der Waals surface area (Å²) in [6.07, 6.45) is 8.88. The molecule has 12 nitrogen and oxygen atoms in total. The standard InChI is InChI=1S/C23H29N9O3/c1-24-11-3-4-12-31-16-17(14-26-31)27-23-25-15-20-22(28-23)32(30-29-20)18-7-9-19(10-8-18)35-13-5-2-6-21(33)34/h7-10,14-16,24H,2-6,11-13H2,1H3,(H,33,34)(H,25,27,28). The minimum atomic E-state index is -0.789. The Morgan fingerprint density at radius 1 is 1.11 bits per heavy atom. The number of ether oxygens (including phenoxy) is 1. The van der Waals surface area contributed by atoms with Crippen molar-refractivity contribution in [2.24, 2.45) is 0 Å². The summed E-state index contributed by atoms with van der Waals surface area (Å²) < 4.78 is 9.23. The van der Waals surface area contributed by atoms with Crippen molar-refractivity contribution < 1.29 is 14.6 Å². The van der Waals surface area contributed by atoms with Gasteiger partial charge in [0.15, 0.2) is 11.2 Å². The highest BCUT2D eigenvalue weighted by atomic mass is 16.5. The molecule has 4 aromatic rings. The monoisotopic (exact) mass is 479 g/mol. The molecule has 0 atom stereocenters. The van der Waals surface area contributed by atoms with E-state index in [-0.39, 0.29) is 6.42 Å². The van der Waals surface area contributed by atoms with Crippen molar-refractivity contribution in [2.75, 3.05) is 25.5 Å². The molecule has 3 aromatic heterocycles. The first-order valence-corrected chi connectivity index (χ1v) is 11.6. The SMILES string of the molecule is CNCCCCn1cc(Nc2ncc3nnn(-c4ccc(OCCCCC(=O)O)cc4)c3n2)cn1. The summed E-state index contributed by atoms with van der Waals surface area (Å²) in [5, 5.41) is 27.8. The molecule has 35 heavy (non-hydrogen) atoms. The normalized spacial score (nSPS) is 11.1. The van der Waals surface area contributed by atoms with Crippen molar-refractivity contribution in [3.05, 3.63) is 42.9 Å². The number of rotatable bonds is 14. The van der Waals surface area contributed by atoms with Crippen LogP contribution in [0.15, 0.2) is 42.9 Å². The van der Waals surface area contributed by atoms with E-state index in [4.69, 9.17) is 9.84 Å². The smallest absolute Gasteiger partial charge is 0.303 e. The van der Waals surface area contributed by atoms with Crippen LogP contribution >= 0.6 is 0 Å². The minimum absolute atomic E-state index is 0.152. The second-order valence-electron chi connectivity index (χ2n) is 8.02. The van der Waals surface area contributed by atoms with Crippen LogP contribution in [0.4, 0.5) is 11.6 Å². The maximum atomic E-state index is 10.6. The van der Waals surface area contributed by atoms with Crippen LogP contribution in [0.2, 0.25) is 0 Å². The topological polar surface area (TPSA) is 145 Å². The number of carboxylic acids is 1. The molecule has 0 fully saturated rings. The first kappa shape index (κ1) is 24.1. The van der Waals surface area contributed by atoms with E-state index in [0.29, 0.717) is 42.3 Å². The third-order valence-electron chi connectivity index (χ3n) is 5.28. The molecule has 3 N–H and O–H groups in total. The number of nitrogens with one attached hydrogen (secondary N) is 2. The Morgan fingerprint density at radius 3 is 2.77 bits per heavy atom. The Labute approximate surface area is 202 Å². The van der Waals surface area contributed by atoms with Crippen molar-refractivity contribution in [1.29, 1.82) is 0 Å². The average molecular weight is 480 g/mol. The number of aromatic nitrogens is 7. The number of benzene rings is 1. The maximum Gasteiger partial charge on any atom is 0.303 e. The summed E-state index contributed by atoms with van der Waals surface area (Å²) in [5.41, 5.74) is 2.74. The predicted molar refractivity (Wildman–Crippen MR) is 130 cm³/mol. The lowest BCUT2D eigenvalue weighted by Crippen LogP contribution is -2.09. The molecule has 0 aliphatic carbocycles. The highest BCUT2D eigenvalue weighted by molar-refractivity contribution is 5.72. The largest absolute Gasteiger partial charge is 0.494 e. The number of carbonyl (C=O) groups is 1. The van der Waals surface area contributed by atoms with Gasteiger partial charge >= 0.3 is 5.97 Å². The average Bonchev–Trinajstić information content (AvgIpc) is 3.48. The van der Waals surface area contributed by atoms with Crippen LogP contribution < -0.4 is 15.4 Å². The molecule has 0 saturated heterocycles. The van der Waals surface area contributed by atoms with Crippen molar-refractivity contribution in [3.63, 3.8) is 0 Å². The Hall–Kier alpha value is -4.06. The van der Waals surface area contributed by atoms with Crippen molar-refractivity contribution >= 4 is 28.8 Å². The van der Waals surface area contributed by atoms with Crippen LogP contribution in [0.1, 0.15) is 32.1 Å². The molecule has 3 heterocycles. The molecule has 0 amide bonds. The van der Waals surface area contributed by atoms with Crippen LogP contribution in [0.3, 0.4) is 0 Å². The second-order valence-corrected chi connectivity index (χ2v) is 8.02. The van der Waals surface area contributed by atoms with Gasteiger partial charge in [-0.25, -0.2) is 4.98 Å². The number of unbranched alkanes of at least 4 members (excludes halogenated alkanes) is 2. The van der Waals surface area contributed by atoms with Crippen LogP contribution in [-0.4, -0.2) is 66.0 Å². The van der Waals surface area contributed by atoms with E-state index in [9.17, 15) is 4.79 Å². The maximum absolute atomic E-state index is 10.6. The van der Waals surface area contributed by atoms with Crippen molar-refractivity contribution in [2.45, 2.75) is 38.6 Å². The lowest BCUT2D eigenvalue weighted by molar-refractivity contribution is -0.137. The molecule has 0 unspecified atom stereocenters. The summed E-state index contributed by atoms with van der Waals surface area (Å²) in [7, 11) is 1.95. The van der Waals surface area contributed by atoms with E-state index in [1.807, 2.05) is 42.2 Å². The molecule has 0 bridgehead atoms. The quantitative estimate of drug-likeness (QED) is 0.231. The van der Waals surface area contributed by atoms with Gasteiger partial charge in [0.25, 0.3) is 0 Å². The van der Waals surface area contributed by atoms with Gasteiger partial charge in [0.2, 0.25) is 5.95 Å². The molecular formula is C23H29N9O3. The molecular weight excluding hydrogens is 450 g/mol. The number of nitrogens with zero attached hydrogens (tertiary/aromatic N) is 7. The Balaban J connectivity index is 1.38. The molecule has 0 radical (unpaired) electrons. The summed E-state index contributed by atoms with van der Waals surface area (Å²) in [6, 6.07) is 7.42. The zero-order valence-corrected chi connectivity index (χ0v) is 19.6. The van der Waals surface area contributed by atoms with E-state index in [0.717, 1.165) is 37.3 Å². The van der Waals surface area contributed by atoms with E-state index >= 15 is 0 Å². The van der Waals surface area contributed by atoms with E-state index in [2.05, 4.69) is 36.0 Å². The molecule has 4 rings (SSSR count). The predicted octanol–water partition coefficient (Wildman–Crippen LogP) is 2.78. The van der Waals surface area contributed by atoms with Crippen molar-refractivity contribution in [1.82, 2.24) is 40.1 Å². The molecule has 1 aromatic carbocycles. The van der Waals surface area contributed by atoms with E-state index in [1.165, 1.54) is 0 Å². The first-order valence-electron chi connectivity index (χ1n) is 11.6. The Morgan fingerprint density at radius 2 is 1.97 bits per heavy atom. The van der Waals surface area contributed by atoms with Gasteiger partial charge in [-0.1, -0.05) is 5.21 Å². The number of fused-ring (bicyclic) bond motifs is 1. The lowest BCUT2D eigenvalue weighted by atomic mass is 10.2. The summed E-state index contributed by atoms with van der Waals surface area (Å²) in [4.78, 5) is 19.5. The van der Waals surface area contributed by atoms with Gasteiger partial charge in [0.1, 0.15) is 5.75 Å². The molecule has 12 heteroatoms. The van der Waals surface area contributed by atoms with Gasteiger partial charge in [-0.3, -0.25) is 9.48 Å². The second kappa shape index (κ2) is 11.9. The zero-order valence-electron chi connectivity index (χ0n) is 19.6. The highest BCUT2D eigenvalue weighted by Gasteiger charge is 2.11. The van der Waals surface area contributed by atoms with Crippen LogP contribution in [0, 0.1) is 0 Å². The van der Waals surface area contributed by atoms with Crippen LogP contribution in [-0.2, 0) is 11.3 Å². The number of carboxylic acid groups (broad SMARTS) is 1. The van der Waals surface area contributed by atoms with Gasteiger partial charge < -0.3 is 20.5 Å². The minimum Gasteiger partial charge on any atom is -0.494 e. The number of hydrogen-bond acceptors (Lipinski definition) is 9. The molecule has 0 saturated carbocycles. The molecule has 184 valence electrons. The fourth-order valence-electron chi connectivity index (χ4n) is 3.47. The van der Waals surface area contributed by atoms with Gasteiger partial charge in [-0.15, -0.1) is 5.10 Å². The molecule has 0 aliphatic heterocycles. The summed E-state index contributed by atoms with van der Waals surface area (Å²) in [5.74, 6) is 0.341. The number of anilines is 2. The fraction of sp³-hybridized carbons (Fsp3) is 0.391. The zero-order chi connectivity index (χ0) is 24.5. The highest BCUT2D eigenvalue weighted by Crippen LogP contribution is 2.20. The molecule has 0 spiro atoms. The Bertz CT molecular complexity index is 1240. The molecule has 0 aliphatic rings. The summed E-state index contributed by atoms with van der Waals surface area (Å²) in [6.45, 7) is 2.31. The fourth-order valence-corrected chi connectivity index (χ4v) is 3.47. The van der Waals surface area contributed by atoms with Gasteiger partial charge in [0, 0.05) is 19.2 Å². The Kier molecular flexibility index (Phi) is 8.17. The van der Waals surface area contributed by atoms with Gasteiger partial charge in [0.05, 0.1) is 30.4 Å². The van der Waals surface area contributed by atoms with Crippen molar-refractivity contribution in [3.8, 4) is 11.4 Å². The third kappa shape index (κ3) is 6.73. The first-order chi connectivity index (χ1) is 17.1. The number of aryl methyl sites for hydroxylation is 1. The third-order valence-corrected chi connectivity index (χ3v) is 5.28. The number of aliphatic carboxylic acids is 1. The van der Waals surface area contributed by atoms with E-state index in [1.54, 1.807) is 17.1 Å². The van der Waals surface area contributed by atoms with Crippen LogP contribution in [0.25, 0.3) is 16.9 Å². The summed E-state index contributed by atoms with van der Waals surface area (Å²) >= 11 is 0. The van der Waals surface area contributed by atoms with Crippen LogP contribution in [0.5, 0.6) is 5.75 Å². The van der Waals surface area contributed by atoms with Gasteiger partial charge in [-0.05, 0) is 63.5 Å². The lowest BCUT2D eigenvalue weighted by Gasteiger charge is -2.07. The van der Waals surface area contributed by atoms with Gasteiger partial charge in [-0.2, -0.15) is 14.8 Å².